The van der Waals surface area contributed by atoms with Gasteiger partial charge in [0.05, 0.1) is 12.7 Å². The Morgan fingerprint density at radius 1 is 1.44 bits per heavy atom. The summed E-state index contributed by atoms with van der Waals surface area (Å²) >= 11 is 0.998. The third-order valence-corrected chi connectivity index (χ3v) is 2.26. The molecule has 0 atom stereocenters. The molecule has 0 saturated carbocycles. The number of aliphatic imine (C=N–C) groups is 1. The highest BCUT2D eigenvalue weighted by molar-refractivity contribution is 7.17. The molecule has 0 unspecified atom stereocenters. The number of guanidine groups is 1. The van der Waals surface area contributed by atoms with E-state index in [0.717, 1.165) is 11.3 Å². The molecule has 9 heteroatoms. The quantitative estimate of drug-likeness (QED) is 0.365. The molecular formula is C7H10N6O2S. The summed E-state index contributed by atoms with van der Waals surface area (Å²) in [5.41, 5.74) is 15.2. The molecule has 2 amide bonds. The van der Waals surface area contributed by atoms with Gasteiger partial charge in [-0.1, -0.05) is 11.3 Å². The van der Waals surface area contributed by atoms with Crippen LogP contribution in [0.4, 0.5) is 5.13 Å². The van der Waals surface area contributed by atoms with E-state index >= 15 is 0 Å². The second kappa shape index (κ2) is 5.07. The van der Waals surface area contributed by atoms with Gasteiger partial charge in [-0.2, -0.15) is 4.99 Å². The highest BCUT2D eigenvalue weighted by atomic mass is 32.1. The Kier molecular flexibility index (Phi) is 3.78. The SMILES string of the molecule is NC(=O)CNC(=O)c1cnc(N=C(N)N)s1. The number of carbonyl (C=O) groups is 2. The zero-order chi connectivity index (χ0) is 12.1. The Bertz CT molecular complexity index is 436. The van der Waals surface area contributed by atoms with E-state index in [9.17, 15) is 9.59 Å². The lowest BCUT2D eigenvalue weighted by Gasteiger charge is -1.97. The fraction of sp³-hybridized carbons (Fsp3) is 0.143. The summed E-state index contributed by atoms with van der Waals surface area (Å²) in [6, 6.07) is 0. The molecule has 0 radical (unpaired) electrons. The minimum Gasteiger partial charge on any atom is -0.370 e. The molecule has 0 aliphatic carbocycles. The summed E-state index contributed by atoms with van der Waals surface area (Å²) in [5.74, 6) is -1.21. The second-order valence-corrected chi connectivity index (χ2v) is 3.70. The Labute approximate surface area is 94.5 Å². The zero-order valence-corrected chi connectivity index (χ0v) is 8.95. The van der Waals surface area contributed by atoms with Crippen LogP contribution in [-0.2, 0) is 4.79 Å². The van der Waals surface area contributed by atoms with Gasteiger partial charge < -0.3 is 22.5 Å². The van der Waals surface area contributed by atoms with Gasteiger partial charge in [0.25, 0.3) is 5.91 Å². The van der Waals surface area contributed by atoms with Crippen molar-refractivity contribution in [2.24, 2.45) is 22.2 Å². The first-order valence-corrected chi connectivity index (χ1v) is 4.92. The summed E-state index contributed by atoms with van der Waals surface area (Å²) < 4.78 is 0. The van der Waals surface area contributed by atoms with E-state index in [2.05, 4.69) is 15.3 Å². The average Bonchev–Trinajstić information content (AvgIpc) is 2.61. The van der Waals surface area contributed by atoms with E-state index in [1.807, 2.05) is 0 Å². The molecule has 8 nitrogen and oxygen atoms in total. The molecule has 1 heterocycles. The number of aromatic nitrogens is 1. The normalized spacial score (nSPS) is 9.50. The number of hydrogen-bond acceptors (Lipinski definition) is 5. The van der Waals surface area contributed by atoms with Crippen molar-refractivity contribution in [3.05, 3.63) is 11.1 Å². The van der Waals surface area contributed by atoms with E-state index in [0.29, 0.717) is 4.88 Å². The Morgan fingerprint density at radius 2 is 2.12 bits per heavy atom. The van der Waals surface area contributed by atoms with Crippen LogP contribution in [0.3, 0.4) is 0 Å². The lowest BCUT2D eigenvalue weighted by Crippen LogP contribution is -2.32. The maximum Gasteiger partial charge on any atom is 0.263 e. The van der Waals surface area contributed by atoms with Crippen LogP contribution < -0.4 is 22.5 Å². The van der Waals surface area contributed by atoms with Crippen LogP contribution in [0.5, 0.6) is 0 Å². The molecule has 0 fully saturated rings. The van der Waals surface area contributed by atoms with Gasteiger partial charge in [0.1, 0.15) is 4.88 Å². The topological polar surface area (TPSA) is 149 Å². The van der Waals surface area contributed by atoms with E-state index < -0.39 is 11.8 Å². The number of nitrogens with zero attached hydrogens (tertiary/aromatic N) is 2. The standard InChI is InChI=1S/C7H10N6O2S/c8-4(14)2-11-5(15)3-1-12-7(16-3)13-6(9)10/h1H,2H2,(H2,8,14)(H,11,15)(H4,9,10,12,13). The second-order valence-electron chi connectivity index (χ2n) is 2.69. The molecule has 0 spiro atoms. The van der Waals surface area contributed by atoms with E-state index in [1.165, 1.54) is 6.20 Å². The van der Waals surface area contributed by atoms with Crippen molar-refractivity contribution in [2.75, 3.05) is 6.54 Å². The maximum atomic E-state index is 11.4. The van der Waals surface area contributed by atoms with E-state index in [-0.39, 0.29) is 17.6 Å². The van der Waals surface area contributed by atoms with Crippen molar-refractivity contribution < 1.29 is 9.59 Å². The lowest BCUT2D eigenvalue weighted by atomic mass is 10.5. The van der Waals surface area contributed by atoms with Crippen LogP contribution >= 0.6 is 11.3 Å². The molecule has 7 N–H and O–H groups in total. The monoisotopic (exact) mass is 242 g/mol. The van der Waals surface area contributed by atoms with Crippen LogP contribution in [0, 0.1) is 0 Å². The summed E-state index contributed by atoms with van der Waals surface area (Å²) in [5, 5.41) is 2.58. The Hall–Kier alpha value is -2.16. The first-order chi connectivity index (χ1) is 7.49. The van der Waals surface area contributed by atoms with Crippen LogP contribution in [-0.4, -0.2) is 29.3 Å². The van der Waals surface area contributed by atoms with Gasteiger partial charge >= 0.3 is 0 Å². The maximum absolute atomic E-state index is 11.4. The molecule has 0 saturated heterocycles. The zero-order valence-electron chi connectivity index (χ0n) is 8.14. The van der Waals surface area contributed by atoms with Crippen LogP contribution in [0.1, 0.15) is 9.67 Å². The van der Waals surface area contributed by atoms with Crippen LogP contribution in [0.2, 0.25) is 0 Å². The number of nitrogens with two attached hydrogens (primary N) is 3. The van der Waals surface area contributed by atoms with Gasteiger partial charge in [-0.05, 0) is 0 Å². The van der Waals surface area contributed by atoms with Gasteiger partial charge in [-0.15, -0.1) is 0 Å². The van der Waals surface area contributed by atoms with Crippen molar-refractivity contribution in [1.82, 2.24) is 10.3 Å². The van der Waals surface area contributed by atoms with Gasteiger partial charge in [-0.3, -0.25) is 9.59 Å². The lowest BCUT2D eigenvalue weighted by molar-refractivity contribution is -0.117. The average molecular weight is 242 g/mol. The highest BCUT2D eigenvalue weighted by Crippen LogP contribution is 2.20. The van der Waals surface area contributed by atoms with Gasteiger partial charge in [-0.25, -0.2) is 4.98 Å². The van der Waals surface area contributed by atoms with E-state index in [1.54, 1.807) is 0 Å². The third-order valence-electron chi connectivity index (χ3n) is 1.37. The Balaban J connectivity index is 2.67. The first-order valence-electron chi connectivity index (χ1n) is 4.11. The summed E-state index contributed by atoms with van der Waals surface area (Å²) in [7, 11) is 0. The minimum atomic E-state index is -0.623. The number of primary amides is 1. The van der Waals surface area contributed by atoms with Gasteiger partial charge in [0.2, 0.25) is 11.0 Å². The van der Waals surface area contributed by atoms with Crippen molar-refractivity contribution in [2.45, 2.75) is 0 Å². The highest BCUT2D eigenvalue weighted by Gasteiger charge is 2.10. The number of rotatable bonds is 4. The predicted molar refractivity (Wildman–Crippen MR) is 59.1 cm³/mol. The summed E-state index contributed by atoms with van der Waals surface area (Å²) in [6.07, 6.45) is 1.31. The number of hydrogen-bond donors (Lipinski definition) is 4. The minimum absolute atomic E-state index is 0.140. The first kappa shape index (κ1) is 11.9. The summed E-state index contributed by atoms with van der Waals surface area (Å²) in [4.78, 5) is 29.6. The third kappa shape index (κ3) is 3.53. The van der Waals surface area contributed by atoms with Gasteiger partial charge in [0, 0.05) is 0 Å². The van der Waals surface area contributed by atoms with Gasteiger partial charge in [0.15, 0.2) is 5.96 Å². The number of amides is 2. The largest absolute Gasteiger partial charge is 0.370 e. The molecule has 0 aromatic carbocycles. The fourth-order valence-corrected chi connectivity index (χ4v) is 1.51. The van der Waals surface area contributed by atoms with Crippen LogP contribution in [0.25, 0.3) is 0 Å². The van der Waals surface area contributed by atoms with Crippen molar-refractivity contribution in [3.8, 4) is 0 Å². The fourth-order valence-electron chi connectivity index (χ4n) is 0.787. The van der Waals surface area contributed by atoms with Crippen molar-refractivity contribution in [3.63, 3.8) is 0 Å². The van der Waals surface area contributed by atoms with Crippen LogP contribution in [0.15, 0.2) is 11.2 Å². The molecule has 0 aliphatic heterocycles. The van der Waals surface area contributed by atoms with Crippen molar-refractivity contribution in [1.29, 1.82) is 0 Å². The number of thiazole rings is 1. The Morgan fingerprint density at radius 3 is 2.69 bits per heavy atom. The smallest absolute Gasteiger partial charge is 0.263 e. The number of carbonyl (C=O) groups excluding carboxylic acids is 2. The molecule has 0 bridgehead atoms. The molecule has 1 aromatic heterocycles. The van der Waals surface area contributed by atoms with Crippen molar-refractivity contribution >= 4 is 34.2 Å². The molecule has 0 aliphatic rings. The molecule has 1 aromatic rings. The van der Waals surface area contributed by atoms with E-state index in [4.69, 9.17) is 17.2 Å². The molecule has 86 valence electrons. The predicted octanol–water partition coefficient (Wildman–Crippen LogP) is -1.74. The summed E-state index contributed by atoms with van der Waals surface area (Å²) in [6.45, 7) is -0.228. The molecular weight excluding hydrogens is 232 g/mol. The molecule has 16 heavy (non-hydrogen) atoms. The molecule has 1 rings (SSSR count). The number of nitrogens with one attached hydrogen (secondary N) is 1.